The van der Waals surface area contributed by atoms with Crippen molar-refractivity contribution in [3.8, 4) is 11.5 Å². The Morgan fingerprint density at radius 3 is 2.69 bits per heavy atom. The molecule has 146 valence electrons. The third kappa shape index (κ3) is 3.09. The first-order valence-corrected chi connectivity index (χ1v) is 9.72. The molecule has 2 aliphatic heterocycles. The zero-order valence-corrected chi connectivity index (χ0v) is 16.4. The summed E-state index contributed by atoms with van der Waals surface area (Å²) in [6.07, 6.45) is -0.231. The molecule has 0 saturated heterocycles. The monoisotopic (exact) mass is 386 g/mol. The van der Waals surface area contributed by atoms with Crippen LogP contribution in [-0.4, -0.2) is 17.6 Å². The van der Waals surface area contributed by atoms with Gasteiger partial charge in [0.15, 0.2) is 11.5 Å². The van der Waals surface area contributed by atoms with Crippen molar-refractivity contribution in [2.45, 2.75) is 26.6 Å². The van der Waals surface area contributed by atoms with Gasteiger partial charge in [-0.25, -0.2) is 0 Å². The van der Waals surface area contributed by atoms with Crippen LogP contribution in [0.5, 0.6) is 11.5 Å². The van der Waals surface area contributed by atoms with Crippen LogP contribution in [-0.2, 0) is 6.54 Å². The van der Waals surface area contributed by atoms with Crippen molar-refractivity contribution in [1.29, 1.82) is 0 Å². The lowest BCUT2D eigenvalue weighted by Gasteiger charge is -2.28. The fourth-order valence-electron chi connectivity index (χ4n) is 4.05. The molecule has 5 rings (SSSR count). The molecular formula is C24H22N2O3. The number of carbonyl (C=O) groups excluding carboxylic acids is 1. The lowest BCUT2D eigenvalue weighted by Crippen LogP contribution is -2.32. The number of rotatable bonds is 4. The van der Waals surface area contributed by atoms with Gasteiger partial charge in [-0.1, -0.05) is 42.0 Å². The summed E-state index contributed by atoms with van der Waals surface area (Å²) in [6.45, 7) is 4.88. The van der Waals surface area contributed by atoms with E-state index in [0.717, 1.165) is 39.4 Å². The van der Waals surface area contributed by atoms with E-state index < -0.39 is 0 Å². The molecule has 0 fully saturated rings. The molecule has 1 atom stereocenters. The van der Waals surface area contributed by atoms with Gasteiger partial charge >= 0.3 is 0 Å². The molecule has 29 heavy (non-hydrogen) atoms. The first-order valence-electron chi connectivity index (χ1n) is 9.72. The van der Waals surface area contributed by atoms with Crippen molar-refractivity contribution in [3.63, 3.8) is 0 Å². The number of aryl methyl sites for hydroxylation is 2. The predicted molar refractivity (Wildman–Crippen MR) is 111 cm³/mol. The average Bonchev–Trinajstić information content (AvgIpc) is 3.28. The molecule has 1 N–H and O–H groups in total. The minimum atomic E-state index is -0.231. The highest BCUT2D eigenvalue weighted by atomic mass is 16.7. The third-order valence-electron chi connectivity index (χ3n) is 5.52. The van der Waals surface area contributed by atoms with Crippen LogP contribution in [0.25, 0.3) is 0 Å². The van der Waals surface area contributed by atoms with Gasteiger partial charge in [-0.05, 0) is 49.2 Å². The largest absolute Gasteiger partial charge is 0.454 e. The van der Waals surface area contributed by atoms with E-state index in [2.05, 4.69) is 37.4 Å². The number of anilines is 1. The third-order valence-corrected chi connectivity index (χ3v) is 5.52. The van der Waals surface area contributed by atoms with Crippen molar-refractivity contribution in [2.75, 3.05) is 12.1 Å². The van der Waals surface area contributed by atoms with Crippen LogP contribution in [0.15, 0.2) is 60.7 Å². The molecule has 0 aliphatic carbocycles. The second-order valence-electron chi connectivity index (χ2n) is 7.57. The van der Waals surface area contributed by atoms with E-state index in [4.69, 9.17) is 9.47 Å². The summed E-state index contributed by atoms with van der Waals surface area (Å²) < 4.78 is 10.9. The average molecular weight is 386 g/mol. The number of hydrogen-bond acceptors (Lipinski definition) is 4. The number of nitrogens with one attached hydrogen (secondary N) is 1. The molecule has 5 heteroatoms. The van der Waals surface area contributed by atoms with Crippen LogP contribution in [0.4, 0.5) is 5.69 Å². The molecule has 1 unspecified atom stereocenters. The number of fused-ring (bicyclic) bond motifs is 2. The number of ether oxygens (including phenoxy) is 2. The van der Waals surface area contributed by atoms with Crippen LogP contribution < -0.4 is 14.8 Å². The highest BCUT2D eigenvalue weighted by Gasteiger charge is 2.36. The van der Waals surface area contributed by atoms with Gasteiger partial charge in [-0.2, -0.15) is 0 Å². The van der Waals surface area contributed by atoms with E-state index in [1.165, 1.54) is 5.56 Å². The SMILES string of the molecule is Cc1ccc(NC2c3ccccc3C(=O)N2Cc2ccc3c(c2)OCO3)c(C)c1. The summed E-state index contributed by atoms with van der Waals surface area (Å²) >= 11 is 0. The maximum absolute atomic E-state index is 13.2. The highest BCUT2D eigenvalue weighted by Crippen LogP contribution is 2.38. The lowest BCUT2D eigenvalue weighted by molar-refractivity contribution is 0.0728. The molecule has 5 nitrogen and oxygen atoms in total. The first kappa shape index (κ1) is 17.6. The summed E-state index contributed by atoms with van der Waals surface area (Å²) in [5.41, 5.74) is 6.15. The van der Waals surface area contributed by atoms with Crippen molar-refractivity contribution >= 4 is 11.6 Å². The smallest absolute Gasteiger partial charge is 0.256 e. The molecular weight excluding hydrogens is 364 g/mol. The van der Waals surface area contributed by atoms with E-state index in [1.54, 1.807) is 0 Å². The van der Waals surface area contributed by atoms with Crippen molar-refractivity contribution < 1.29 is 14.3 Å². The second-order valence-corrected chi connectivity index (χ2v) is 7.57. The Hall–Kier alpha value is -3.47. The lowest BCUT2D eigenvalue weighted by atomic mass is 10.1. The number of benzene rings is 3. The zero-order chi connectivity index (χ0) is 20.0. The van der Waals surface area contributed by atoms with Gasteiger partial charge in [0, 0.05) is 23.4 Å². The molecule has 2 aliphatic rings. The Labute approximate surface area is 169 Å². The van der Waals surface area contributed by atoms with Gasteiger partial charge in [-0.3, -0.25) is 4.79 Å². The molecule has 3 aromatic carbocycles. The maximum atomic E-state index is 13.2. The van der Waals surface area contributed by atoms with E-state index in [-0.39, 0.29) is 18.9 Å². The van der Waals surface area contributed by atoms with Gasteiger partial charge < -0.3 is 19.7 Å². The Morgan fingerprint density at radius 2 is 1.83 bits per heavy atom. The quantitative estimate of drug-likeness (QED) is 0.700. The van der Waals surface area contributed by atoms with Gasteiger partial charge in [0.05, 0.1) is 0 Å². The molecule has 0 spiro atoms. The molecule has 0 saturated carbocycles. The van der Waals surface area contributed by atoms with Crippen LogP contribution in [0.3, 0.4) is 0 Å². The zero-order valence-electron chi connectivity index (χ0n) is 16.4. The molecule has 0 bridgehead atoms. The Morgan fingerprint density at radius 1 is 1.00 bits per heavy atom. The summed E-state index contributed by atoms with van der Waals surface area (Å²) in [5, 5.41) is 3.59. The molecule has 2 heterocycles. The molecule has 1 amide bonds. The van der Waals surface area contributed by atoms with Gasteiger partial charge in [0.2, 0.25) is 6.79 Å². The van der Waals surface area contributed by atoms with E-state index in [0.29, 0.717) is 6.54 Å². The normalized spacial score (nSPS) is 16.8. The standard InChI is InChI=1S/C24H22N2O3/c1-15-7-9-20(16(2)11-15)25-23-18-5-3-4-6-19(18)24(27)26(23)13-17-8-10-21-22(12-17)29-14-28-21/h3-12,23,25H,13-14H2,1-2H3. The number of hydrogen-bond donors (Lipinski definition) is 1. The molecule has 0 radical (unpaired) electrons. The Bertz CT molecular complexity index is 1110. The summed E-state index contributed by atoms with van der Waals surface area (Å²) in [6, 6.07) is 20.0. The topological polar surface area (TPSA) is 50.8 Å². The summed E-state index contributed by atoms with van der Waals surface area (Å²) in [7, 11) is 0. The van der Waals surface area contributed by atoms with Crippen LogP contribution in [0.1, 0.15) is 38.8 Å². The minimum Gasteiger partial charge on any atom is -0.454 e. The van der Waals surface area contributed by atoms with Gasteiger partial charge in [0.1, 0.15) is 6.17 Å². The fraction of sp³-hybridized carbons (Fsp3) is 0.208. The van der Waals surface area contributed by atoms with E-state index >= 15 is 0 Å². The van der Waals surface area contributed by atoms with Crippen molar-refractivity contribution in [1.82, 2.24) is 4.90 Å². The fourth-order valence-corrected chi connectivity index (χ4v) is 4.05. The van der Waals surface area contributed by atoms with Gasteiger partial charge in [-0.15, -0.1) is 0 Å². The molecule has 0 aromatic heterocycles. The number of carbonyl (C=O) groups is 1. The summed E-state index contributed by atoms with van der Waals surface area (Å²) in [4.78, 5) is 15.1. The van der Waals surface area contributed by atoms with E-state index in [9.17, 15) is 4.79 Å². The minimum absolute atomic E-state index is 0.0283. The summed E-state index contributed by atoms with van der Waals surface area (Å²) in [5.74, 6) is 1.50. The highest BCUT2D eigenvalue weighted by molar-refractivity contribution is 5.99. The van der Waals surface area contributed by atoms with Gasteiger partial charge in [0.25, 0.3) is 5.91 Å². The Balaban J connectivity index is 1.49. The predicted octanol–water partition coefficient (Wildman–Crippen LogP) is 4.80. The maximum Gasteiger partial charge on any atom is 0.256 e. The number of amides is 1. The number of nitrogens with zero attached hydrogens (tertiary/aromatic N) is 1. The molecule has 3 aromatic rings. The second kappa shape index (κ2) is 6.85. The Kier molecular flexibility index (Phi) is 4.16. The van der Waals surface area contributed by atoms with E-state index in [1.807, 2.05) is 47.4 Å². The van der Waals surface area contributed by atoms with Crippen LogP contribution in [0, 0.1) is 13.8 Å². The first-order chi connectivity index (χ1) is 14.1. The van der Waals surface area contributed by atoms with Crippen LogP contribution in [0.2, 0.25) is 0 Å². The van der Waals surface area contributed by atoms with Crippen LogP contribution >= 0.6 is 0 Å². The van der Waals surface area contributed by atoms with Crippen molar-refractivity contribution in [3.05, 3.63) is 88.5 Å². The van der Waals surface area contributed by atoms with Crippen molar-refractivity contribution in [2.24, 2.45) is 0 Å².